The lowest BCUT2D eigenvalue weighted by atomic mass is 9.78. The SMILES string of the molecule is COc1ccc(C(=O)N2CCC[C@@H]3CCCC[C@H]32)cc1. The van der Waals surface area contributed by atoms with Crippen molar-refractivity contribution >= 4 is 5.91 Å². The number of amides is 1. The lowest BCUT2D eigenvalue weighted by Gasteiger charge is -2.44. The summed E-state index contributed by atoms with van der Waals surface area (Å²) in [5, 5.41) is 0. The van der Waals surface area contributed by atoms with E-state index in [0.717, 1.165) is 30.2 Å². The highest BCUT2D eigenvalue weighted by molar-refractivity contribution is 5.94. The molecule has 0 unspecified atom stereocenters. The maximum atomic E-state index is 12.7. The number of nitrogens with zero attached hydrogens (tertiary/aromatic N) is 1. The number of hydrogen-bond donors (Lipinski definition) is 0. The number of piperidine rings is 1. The lowest BCUT2D eigenvalue weighted by molar-refractivity contribution is 0.0390. The van der Waals surface area contributed by atoms with E-state index in [0.29, 0.717) is 6.04 Å². The van der Waals surface area contributed by atoms with Crippen molar-refractivity contribution in [1.82, 2.24) is 4.90 Å². The molecular weight excluding hydrogens is 250 g/mol. The van der Waals surface area contributed by atoms with E-state index in [4.69, 9.17) is 4.74 Å². The summed E-state index contributed by atoms with van der Waals surface area (Å²) in [7, 11) is 1.65. The van der Waals surface area contributed by atoms with E-state index in [1.54, 1.807) is 7.11 Å². The second kappa shape index (κ2) is 5.86. The van der Waals surface area contributed by atoms with Crippen molar-refractivity contribution in [3.8, 4) is 5.75 Å². The van der Waals surface area contributed by atoms with Crippen LogP contribution in [0.25, 0.3) is 0 Å². The molecule has 2 fully saturated rings. The molecule has 1 aliphatic heterocycles. The number of rotatable bonds is 2. The summed E-state index contributed by atoms with van der Waals surface area (Å²) < 4.78 is 5.16. The van der Waals surface area contributed by atoms with E-state index in [2.05, 4.69) is 4.90 Å². The van der Waals surface area contributed by atoms with Gasteiger partial charge >= 0.3 is 0 Å². The first-order chi connectivity index (χ1) is 9.79. The summed E-state index contributed by atoms with van der Waals surface area (Å²) in [6.45, 7) is 0.923. The van der Waals surface area contributed by atoms with Gasteiger partial charge in [0.05, 0.1) is 7.11 Å². The van der Waals surface area contributed by atoms with Gasteiger partial charge in [-0.05, 0) is 55.9 Å². The predicted octanol–water partition coefficient (Wildman–Crippen LogP) is 3.49. The largest absolute Gasteiger partial charge is 0.497 e. The number of carbonyl (C=O) groups is 1. The van der Waals surface area contributed by atoms with Gasteiger partial charge in [-0.15, -0.1) is 0 Å². The Balaban J connectivity index is 1.77. The summed E-state index contributed by atoms with van der Waals surface area (Å²) in [6.07, 6.45) is 7.56. The van der Waals surface area contributed by atoms with E-state index in [9.17, 15) is 4.79 Å². The molecule has 1 saturated heterocycles. The van der Waals surface area contributed by atoms with Gasteiger partial charge in [0.2, 0.25) is 0 Å². The van der Waals surface area contributed by atoms with Gasteiger partial charge in [-0.25, -0.2) is 0 Å². The molecule has 2 atom stereocenters. The molecule has 1 aromatic rings. The van der Waals surface area contributed by atoms with Crippen molar-refractivity contribution < 1.29 is 9.53 Å². The van der Waals surface area contributed by atoms with Crippen molar-refractivity contribution in [1.29, 1.82) is 0 Å². The Kier molecular flexibility index (Phi) is 3.95. The summed E-state index contributed by atoms with van der Waals surface area (Å²) in [5.74, 6) is 1.74. The van der Waals surface area contributed by atoms with Crippen molar-refractivity contribution in [3.63, 3.8) is 0 Å². The molecule has 2 aliphatic rings. The molecular formula is C17H23NO2. The van der Waals surface area contributed by atoms with Crippen LogP contribution in [-0.2, 0) is 0 Å². The number of fused-ring (bicyclic) bond motifs is 1. The van der Waals surface area contributed by atoms with E-state index in [-0.39, 0.29) is 5.91 Å². The molecule has 3 heteroatoms. The molecule has 1 amide bonds. The molecule has 0 bridgehead atoms. The second-order valence-electron chi connectivity index (χ2n) is 5.98. The standard InChI is InChI=1S/C17H23NO2/c1-20-15-10-8-14(9-11-15)17(19)18-12-4-6-13-5-2-3-7-16(13)18/h8-11,13,16H,2-7,12H2,1H3/t13-,16+/m0/s1. The predicted molar refractivity (Wildman–Crippen MR) is 79.0 cm³/mol. The van der Waals surface area contributed by atoms with Crippen molar-refractivity contribution in [2.45, 2.75) is 44.6 Å². The van der Waals surface area contributed by atoms with Gasteiger partial charge in [-0.1, -0.05) is 12.8 Å². The number of benzene rings is 1. The van der Waals surface area contributed by atoms with Gasteiger partial charge in [-0.2, -0.15) is 0 Å². The average Bonchev–Trinajstić information content (AvgIpc) is 2.54. The molecule has 3 rings (SSSR count). The zero-order valence-electron chi connectivity index (χ0n) is 12.2. The summed E-state index contributed by atoms with van der Waals surface area (Å²) >= 11 is 0. The third-order valence-corrected chi connectivity index (χ3v) is 4.84. The first kappa shape index (κ1) is 13.5. The van der Waals surface area contributed by atoms with Crippen LogP contribution in [0, 0.1) is 5.92 Å². The van der Waals surface area contributed by atoms with E-state index in [1.807, 2.05) is 24.3 Å². The molecule has 1 saturated carbocycles. The topological polar surface area (TPSA) is 29.5 Å². The molecule has 0 radical (unpaired) electrons. The van der Waals surface area contributed by atoms with Crippen LogP contribution in [0.1, 0.15) is 48.9 Å². The Morgan fingerprint density at radius 3 is 2.55 bits per heavy atom. The van der Waals surface area contributed by atoms with Crippen molar-refractivity contribution in [2.75, 3.05) is 13.7 Å². The number of methoxy groups -OCH3 is 1. The minimum Gasteiger partial charge on any atom is -0.497 e. The summed E-state index contributed by atoms with van der Waals surface area (Å²) in [5.41, 5.74) is 0.789. The minimum atomic E-state index is 0.198. The highest BCUT2D eigenvalue weighted by atomic mass is 16.5. The smallest absolute Gasteiger partial charge is 0.254 e. The van der Waals surface area contributed by atoms with Crippen LogP contribution in [0.5, 0.6) is 5.75 Å². The van der Waals surface area contributed by atoms with Crippen molar-refractivity contribution in [3.05, 3.63) is 29.8 Å². The summed E-state index contributed by atoms with van der Waals surface area (Å²) in [4.78, 5) is 14.9. The number of likely N-dealkylation sites (tertiary alicyclic amines) is 1. The van der Waals surface area contributed by atoms with Gasteiger partial charge in [0.25, 0.3) is 5.91 Å². The van der Waals surface area contributed by atoms with Gasteiger partial charge in [0, 0.05) is 18.2 Å². The van der Waals surface area contributed by atoms with Crippen LogP contribution in [0.2, 0.25) is 0 Å². The zero-order valence-corrected chi connectivity index (χ0v) is 12.2. The van der Waals surface area contributed by atoms with E-state index in [1.165, 1.54) is 32.1 Å². The maximum absolute atomic E-state index is 12.7. The van der Waals surface area contributed by atoms with Crippen LogP contribution in [0.15, 0.2) is 24.3 Å². The monoisotopic (exact) mass is 273 g/mol. The van der Waals surface area contributed by atoms with E-state index < -0.39 is 0 Å². The average molecular weight is 273 g/mol. The highest BCUT2D eigenvalue weighted by Crippen LogP contribution is 2.35. The minimum absolute atomic E-state index is 0.198. The van der Waals surface area contributed by atoms with Gasteiger partial charge < -0.3 is 9.64 Å². The Labute approximate surface area is 120 Å². The fourth-order valence-corrected chi connectivity index (χ4v) is 3.78. The first-order valence-electron chi connectivity index (χ1n) is 7.74. The molecule has 0 N–H and O–H groups in total. The van der Waals surface area contributed by atoms with Gasteiger partial charge in [-0.3, -0.25) is 4.79 Å². The molecule has 1 aliphatic carbocycles. The Morgan fingerprint density at radius 1 is 1.10 bits per heavy atom. The first-order valence-corrected chi connectivity index (χ1v) is 7.74. The fourth-order valence-electron chi connectivity index (χ4n) is 3.78. The lowest BCUT2D eigenvalue weighted by Crippen LogP contribution is -2.49. The van der Waals surface area contributed by atoms with Crippen LogP contribution in [-0.4, -0.2) is 30.5 Å². The highest BCUT2D eigenvalue weighted by Gasteiger charge is 2.35. The molecule has 0 aromatic heterocycles. The molecule has 108 valence electrons. The zero-order chi connectivity index (χ0) is 13.9. The van der Waals surface area contributed by atoms with Gasteiger partial charge in [0.15, 0.2) is 0 Å². The van der Waals surface area contributed by atoms with E-state index >= 15 is 0 Å². The molecule has 3 nitrogen and oxygen atoms in total. The van der Waals surface area contributed by atoms with Gasteiger partial charge in [0.1, 0.15) is 5.75 Å². The normalized spacial score (nSPS) is 25.9. The third kappa shape index (κ3) is 2.54. The maximum Gasteiger partial charge on any atom is 0.254 e. The van der Waals surface area contributed by atoms with Crippen LogP contribution < -0.4 is 4.74 Å². The fraction of sp³-hybridized carbons (Fsp3) is 0.588. The molecule has 1 heterocycles. The Morgan fingerprint density at radius 2 is 1.80 bits per heavy atom. The molecule has 0 spiro atoms. The van der Waals surface area contributed by atoms with Crippen LogP contribution in [0.4, 0.5) is 0 Å². The molecule has 1 aromatic carbocycles. The second-order valence-corrected chi connectivity index (χ2v) is 5.98. The van der Waals surface area contributed by atoms with Crippen LogP contribution >= 0.6 is 0 Å². The third-order valence-electron chi connectivity index (χ3n) is 4.84. The summed E-state index contributed by atoms with van der Waals surface area (Å²) in [6, 6.07) is 7.99. The molecule has 20 heavy (non-hydrogen) atoms. The van der Waals surface area contributed by atoms with Crippen LogP contribution in [0.3, 0.4) is 0 Å². The number of carbonyl (C=O) groups excluding carboxylic acids is 1. The number of ether oxygens (including phenoxy) is 1. The number of hydrogen-bond acceptors (Lipinski definition) is 2. The quantitative estimate of drug-likeness (QED) is 0.825. The Bertz CT molecular complexity index is 466. The Hall–Kier alpha value is -1.51. The van der Waals surface area contributed by atoms with Crippen molar-refractivity contribution in [2.24, 2.45) is 5.92 Å².